The Morgan fingerprint density at radius 1 is 1.07 bits per heavy atom. The fraction of sp³-hybridized carbons (Fsp3) is 0.656. The quantitative estimate of drug-likeness (QED) is 0.351. The number of carbonyl (C=O) groups excluding carboxylic acids is 1. The molecular formula is C32H39F2N3O4S. The van der Waals surface area contributed by atoms with Crippen LogP contribution in [0.5, 0.6) is 0 Å². The average molecular weight is 600 g/mol. The van der Waals surface area contributed by atoms with E-state index < -0.39 is 21.2 Å². The maximum Gasteiger partial charge on any atom is 0.248 e. The minimum absolute atomic E-state index is 0.115. The molecule has 0 bridgehead atoms. The van der Waals surface area contributed by atoms with Crippen molar-refractivity contribution in [2.45, 2.75) is 88.9 Å². The highest BCUT2D eigenvalue weighted by Crippen LogP contribution is 2.52. The molecule has 42 heavy (non-hydrogen) atoms. The Bertz CT molecular complexity index is 1460. The first-order valence-corrected chi connectivity index (χ1v) is 17.2. The predicted molar refractivity (Wildman–Crippen MR) is 155 cm³/mol. The van der Waals surface area contributed by atoms with Crippen molar-refractivity contribution in [3.8, 4) is 17.3 Å². The summed E-state index contributed by atoms with van der Waals surface area (Å²) in [5, 5.41) is 9.61. The van der Waals surface area contributed by atoms with Crippen LogP contribution in [0.2, 0.25) is 0 Å². The van der Waals surface area contributed by atoms with Crippen molar-refractivity contribution in [1.29, 1.82) is 5.26 Å². The fourth-order valence-electron chi connectivity index (χ4n) is 7.27. The Labute approximate surface area is 246 Å². The van der Waals surface area contributed by atoms with Gasteiger partial charge in [-0.1, -0.05) is 31.9 Å². The number of ketones is 1. The van der Waals surface area contributed by atoms with E-state index >= 15 is 0 Å². The molecule has 2 heterocycles. The minimum Gasteiger partial charge on any atom is -0.444 e. The molecule has 1 aromatic heterocycles. The van der Waals surface area contributed by atoms with Crippen LogP contribution in [0.15, 0.2) is 28.7 Å². The number of Topliss-reactive ketones (excluding diaryl/α,β-unsaturated/α-hetero) is 1. The molecular weight excluding hydrogens is 560 g/mol. The van der Waals surface area contributed by atoms with Crippen LogP contribution >= 0.6 is 0 Å². The number of anilines is 1. The van der Waals surface area contributed by atoms with E-state index in [2.05, 4.69) is 11.0 Å². The topological polar surface area (TPSA) is 104 Å². The van der Waals surface area contributed by atoms with Gasteiger partial charge in [-0.2, -0.15) is 5.26 Å². The van der Waals surface area contributed by atoms with Gasteiger partial charge in [-0.25, -0.2) is 22.2 Å². The van der Waals surface area contributed by atoms with Gasteiger partial charge < -0.3 is 9.32 Å². The zero-order valence-corrected chi connectivity index (χ0v) is 25.0. The number of sulfone groups is 1. The Morgan fingerprint density at radius 2 is 1.76 bits per heavy atom. The second-order valence-corrected chi connectivity index (χ2v) is 15.5. The molecule has 226 valence electrons. The lowest BCUT2D eigenvalue weighted by Gasteiger charge is -2.32. The van der Waals surface area contributed by atoms with E-state index in [-0.39, 0.29) is 60.2 Å². The molecule has 0 amide bonds. The number of rotatable bonds is 7. The Balaban J connectivity index is 1.33. The molecule has 4 aliphatic rings. The van der Waals surface area contributed by atoms with E-state index in [9.17, 15) is 27.3 Å². The van der Waals surface area contributed by atoms with E-state index in [1.807, 2.05) is 31.2 Å². The summed E-state index contributed by atoms with van der Waals surface area (Å²) in [5.74, 6) is -2.12. The molecule has 0 unspecified atom stereocenters. The molecule has 10 heteroatoms. The summed E-state index contributed by atoms with van der Waals surface area (Å²) in [6.07, 6.45) is 5.11. The van der Waals surface area contributed by atoms with Crippen LogP contribution in [0.4, 0.5) is 14.5 Å². The lowest BCUT2D eigenvalue weighted by Crippen LogP contribution is -2.40. The highest BCUT2D eigenvalue weighted by molar-refractivity contribution is 7.91. The Kier molecular flexibility index (Phi) is 7.70. The van der Waals surface area contributed by atoms with E-state index in [0.29, 0.717) is 36.9 Å². The van der Waals surface area contributed by atoms with Crippen LogP contribution in [0.3, 0.4) is 0 Å². The van der Waals surface area contributed by atoms with Crippen molar-refractivity contribution in [2.75, 3.05) is 29.5 Å². The molecule has 0 spiro atoms. The van der Waals surface area contributed by atoms with Gasteiger partial charge in [-0.15, -0.1) is 0 Å². The molecule has 0 N–H and O–H groups in total. The molecule has 1 aliphatic heterocycles. The first kappa shape index (κ1) is 29.3. The lowest BCUT2D eigenvalue weighted by molar-refractivity contribution is -0.125. The second-order valence-electron chi connectivity index (χ2n) is 13.2. The summed E-state index contributed by atoms with van der Waals surface area (Å²) in [6.45, 7) is 2.72. The third kappa shape index (κ3) is 5.99. The fourth-order valence-corrected chi connectivity index (χ4v) is 8.47. The van der Waals surface area contributed by atoms with Crippen LogP contribution in [0.1, 0.15) is 94.6 Å². The number of nitriles is 1. The highest BCUT2D eigenvalue weighted by Gasteiger charge is 2.48. The van der Waals surface area contributed by atoms with E-state index in [0.717, 1.165) is 49.8 Å². The molecule has 3 aliphatic carbocycles. The van der Waals surface area contributed by atoms with Gasteiger partial charge in [-0.3, -0.25) is 4.79 Å². The van der Waals surface area contributed by atoms with Crippen LogP contribution in [0, 0.1) is 28.6 Å². The zero-order valence-electron chi connectivity index (χ0n) is 24.2. The molecule has 0 radical (unpaired) electrons. The SMILES string of the molecule is C[C@@H]1CC(F)(F)CC[C@@H]1c1nc(-c2ccc(N3CCS(=O)(=O)CC3)cc2)c([C@@H]2CCCC[C@H]2C(=O)CC2(C#N)CC2)o1. The maximum absolute atomic E-state index is 14.2. The van der Waals surface area contributed by atoms with Crippen LogP contribution in [0.25, 0.3) is 11.3 Å². The maximum atomic E-state index is 14.2. The third-order valence-corrected chi connectivity index (χ3v) is 11.7. The van der Waals surface area contributed by atoms with Gasteiger partial charge in [0.2, 0.25) is 5.92 Å². The number of nitrogens with zero attached hydrogens (tertiary/aromatic N) is 3. The Morgan fingerprint density at radius 3 is 2.40 bits per heavy atom. The van der Waals surface area contributed by atoms with Gasteiger partial charge in [0.1, 0.15) is 17.2 Å². The van der Waals surface area contributed by atoms with Crippen LogP contribution < -0.4 is 4.90 Å². The molecule has 3 saturated carbocycles. The molecule has 7 nitrogen and oxygen atoms in total. The van der Waals surface area contributed by atoms with Crippen LogP contribution in [-0.4, -0.2) is 49.7 Å². The Hall–Kier alpha value is -2.80. The predicted octanol–water partition coefficient (Wildman–Crippen LogP) is 6.65. The molecule has 1 saturated heterocycles. The van der Waals surface area contributed by atoms with E-state index in [1.165, 1.54) is 0 Å². The van der Waals surface area contributed by atoms with Gasteiger partial charge in [0, 0.05) is 61.4 Å². The number of hydrogen-bond donors (Lipinski definition) is 0. The number of alkyl halides is 2. The van der Waals surface area contributed by atoms with Crippen molar-refractivity contribution >= 4 is 21.3 Å². The second kappa shape index (κ2) is 11.0. The van der Waals surface area contributed by atoms with Crippen molar-refractivity contribution in [1.82, 2.24) is 4.98 Å². The molecule has 1 aromatic carbocycles. The number of oxazole rings is 1. The number of benzene rings is 1. The molecule has 2 aromatic rings. The average Bonchev–Trinajstić information content (AvgIpc) is 3.60. The first-order chi connectivity index (χ1) is 20.0. The number of carbonyl (C=O) groups is 1. The van der Waals surface area contributed by atoms with Gasteiger partial charge in [0.15, 0.2) is 15.7 Å². The number of hydrogen-bond acceptors (Lipinski definition) is 7. The standard InChI is InChI=1S/C32H39F2N3O4S/c1-21-18-32(33,34)11-10-24(21)30-36-28(22-6-8-23(9-7-22)37-14-16-42(39,40)17-15-37)29(41-30)26-5-3-2-4-25(26)27(38)19-31(20-35)12-13-31/h6-9,21,24-26H,2-5,10-19H2,1H3/t21-,24+,25-,26-/m1/s1. The summed E-state index contributed by atoms with van der Waals surface area (Å²) in [6, 6.07) is 10.2. The summed E-state index contributed by atoms with van der Waals surface area (Å²) >= 11 is 0. The summed E-state index contributed by atoms with van der Waals surface area (Å²) in [7, 11) is -2.99. The van der Waals surface area contributed by atoms with E-state index in [4.69, 9.17) is 9.40 Å². The summed E-state index contributed by atoms with van der Waals surface area (Å²) in [5.41, 5.74) is 1.91. The third-order valence-electron chi connectivity index (χ3n) is 10.1. The first-order valence-electron chi connectivity index (χ1n) is 15.4. The van der Waals surface area contributed by atoms with Crippen molar-refractivity contribution in [3.05, 3.63) is 35.9 Å². The van der Waals surface area contributed by atoms with Crippen molar-refractivity contribution in [3.63, 3.8) is 0 Å². The van der Waals surface area contributed by atoms with Gasteiger partial charge in [0.05, 0.1) is 23.0 Å². The zero-order chi connectivity index (χ0) is 29.7. The molecule has 6 rings (SSSR count). The summed E-state index contributed by atoms with van der Waals surface area (Å²) in [4.78, 5) is 20.6. The smallest absolute Gasteiger partial charge is 0.248 e. The minimum atomic E-state index is -2.99. The van der Waals surface area contributed by atoms with Crippen molar-refractivity contribution in [2.24, 2.45) is 17.3 Å². The summed E-state index contributed by atoms with van der Waals surface area (Å²) < 4.78 is 58.7. The van der Waals surface area contributed by atoms with Gasteiger partial charge in [0.25, 0.3) is 0 Å². The monoisotopic (exact) mass is 599 g/mol. The van der Waals surface area contributed by atoms with Crippen molar-refractivity contribution < 1.29 is 26.4 Å². The highest BCUT2D eigenvalue weighted by atomic mass is 32.2. The lowest BCUT2D eigenvalue weighted by atomic mass is 9.73. The molecule has 4 atom stereocenters. The molecule has 4 fully saturated rings. The normalized spacial score (nSPS) is 29.9. The number of aromatic nitrogens is 1. The van der Waals surface area contributed by atoms with E-state index in [1.54, 1.807) is 0 Å². The van der Waals surface area contributed by atoms with Gasteiger partial charge in [-0.05, 0) is 50.2 Å². The number of halogens is 2. The van der Waals surface area contributed by atoms with Crippen LogP contribution in [-0.2, 0) is 14.6 Å². The van der Waals surface area contributed by atoms with Gasteiger partial charge >= 0.3 is 0 Å². The largest absolute Gasteiger partial charge is 0.444 e.